The van der Waals surface area contributed by atoms with Gasteiger partial charge in [0.05, 0.1) is 35.0 Å². The van der Waals surface area contributed by atoms with E-state index in [0.717, 1.165) is 27.7 Å². The number of anilines is 2. The smallest absolute Gasteiger partial charge is 0.274 e. The Balaban J connectivity index is 1.18. The van der Waals surface area contributed by atoms with Gasteiger partial charge in [-0.1, -0.05) is 54.1 Å². The molecule has 5 aromatic carbocycles. The number of methoxy groups -OCH3 is 1. The molecular weight excluding hydrogens is 628 g/mol. The number of aromatic nitrogens is 2. The van der Waals surface area contributed by atoms with Crippen molar-refractivity contribution in [1.82, 2.24) is 15.0 Å². The van der Waals surface area contributed by atoms with E-state index in [4.69, 9.17) is 31.4 Å². The summed E-state index contributed by atoms with van der Waals surface area (Å²) in [5, 5.41) is 22.4. The predicted octanol–water partition coefficient (Wildman–Crippen LogP) is 8.60. The minimum Gasteiger partial charge on any atom is -0.497 e. The molecule has 6 aromatic rings. The van der Waals surface area contributed by atoms with Gasteiger partial charge in [0, 0.05) is 45.8 Å². The monoisotopic (exact) mass is 654 g/mol. The van der Waals surface area contributed by atoms with Crippen molar-refractivity contribution in [2.24, 2.45) is 5.10 Å². The number of nitrogens with one attached hydrogen (secondary N) is 1. The zero-order chi connectivity index (χ0) is 33.2. The lowest BCUT2D eigenvalue weighted by Gasteiger charge is -2.22. The topological polar surface area (TPSA) is 123 Å². The van der Waals surface area contributed by atoms with Crippen LogP contribution in [0.2, 0.25) is 5.02 Å². The average Bonchev–Trinajstić information content (AvgIpc) is 3.58. The van der Waals surface area contributed by atoms with Gasteiger partial charge in [-0.25, -0.2) is 15.0 Å². The van der Waals surface area contributed by atoms with Crippen molar-refractivity contribution in [2.45, 2.75) is 12.5 Å². The number of nitrogens with zero attached hydrogens (tertiary/aromatic N) is 5. The summed E-state index contributed by atoms with van der Waals surface area (Å²) < 4.78 is 5.29. The van der Waals surface area contributed by atoms with E-state index in [-0.39, 0.29) is 11.6 Å². The van der Waals surface area contributed by atoms with Gasteiger partial charge in [-0.15, -0.1) is 0 Å². The van der Waals surface area contributed by atoms with Crippen molar-refractivity contribution in [2.75, 3.05) is 12.4 Å². The summed E-state index contributed by atoms with van der Waals surface area (Å²) in [5.74, 6) is 0.748. The minimum atomic E-state index is -0.539. The summed E-state index contributed by atoms with van der Waals surface area (Å²) in [6, 6.07) is 35.4. The van der Waals surface area contributed by atoms with Gasteiger partial charge in [-0.2, -0.15) is 5.10 Å². The first kappa shape index (κ1) is 30.5. The number of carbonyl (C=O) groups excluding carboxylic acids is 1. The number of amides is 1. The molecule has 1 amide bonds. The molecule has 236 valence electrons. The molecule has 0 aliphatic carbocycles. The fraction of sp³-hybridized carbons (Fsp3) is 0.0811. The lowest BCUT2D eigenvalue weighted by Crippen LogP contribution is -2.27. The molecule has 11 heteroatoms. The van der Waals surface area contributed by atoms with Gasteiger partial charge in [0.2, 0.25) is 5.95 Å². The number of hydrogen-bond donors (Lipinski definition) is 1. The fourth-order valence-electron chi connectivity index (χ4n) is 5.69. The number of carbonyl (C=O) groups is 1. The molecule has 48 heavy (non-hydrogen) atoms. The van der Waals surface area contributed by atoms with E-state index >= 15 is 0 Å². The summed E-state index contributed by atoms with van der Waals surface area (Å²) in [5.41, 5.74) is 5.55. The number of non-ortho nitro benzene ring substituents is 1. The van der Waals surface area contributed by atoms with E-state index in [2.05, 4.69) is 5.32 Å². The highest BCUT2D eigenvalue weighted by Gasteiger charge is 2.34. The summed E-state index contributed by atoms with van der Waals surface area (Å²) in [6.45, 7) is 0. The van der Waals surface area contributed by atoms with Gasteiger partial charge >= 0.3 is 0 Å². The van der Waals surface area contributed by atoms with Gasteiger partial charge < -0.3 is 10.1 Å². The number of nitro groups is 1. The maximum absolute atomic E-state index is 14.0. The second-order valence-electron chi connectivity index (χ2n) is 11.1. The van der Waals surface area contributed by atoms with Crippen LogP contribution in [-0.4, -0.2) is 38.6 Å². The SMILES string of the molecule is COc1ccc(C2=NN(C(=O)c3ccc(Nc4nc(-c5ccccc5)c5cc(Cl)ccc5n4)cc3)[C@@H](c3cccc([N+](=O)[O-])c3)C2)cc1. The highest BCUT2D eigenvalue weighted by Crippen LogP contribution is 2.36. The first-order valence-corrected chi connectivity index (χ1v) is 15.4. The van der Waals surface area contributed by atoms with Crippen LogP contribution in [0.25, 0.3) is 22.2 Å². The normalized spacial score (nSPS) is 14.1. The Morgan fingerprint density at radius 2 is 1.67 bits per heavy atom. The number of nitro benzene ring substituents is 1. The van der Waals surface area contributed by atoms with Crippen molar-refractivity contribution in [3.8, 4) is 17.0 Å². The Hall–Kier alpha value is -6.13. The van der Waals surface area contributed by atoms with Crippen molar-refractivity contribution in [3.05, 3.63) is 153 Å². The zero-order valence-corrected chi connectivity index (χ0v) is 26.3. The molecule has 7 rings (SSSR count). The molecule has 0 saturated heterocycles. The van der Waals surface area contributed by atoms with E-state index < -0.39 is 11.0 Å². The fourth-order valence-corrected chi connectivity index (χ4v) is 5.86. The summed E-state index contributed by atoms with van der Waals surface area (Å²) in [6.07, 6.45) is 0.382. The molecule has 1 N–H and O–H groups in total. The molecule has 0 bridgehead atoms. The van der Waals surface area contributed by atoms with Crippen LogP contribution in [0.3, 0.4) is 0 Å². The van der Waals surface area contributed by atoms with Gasteiger partial charge in [0.25, 0.3) is 11.6 Å². The number of hydrazone groups is 1. The van der Waals surface area contributed by atoms with Crippen molar-refractivity contribution < 1.29 is 14.5 Å². The van der Waals surface area contributed by atoms with Crippen molar-refractivity contribution in [1.29, 1.82) is 0 Å². The summed E-state index contributed by atoms with van der Waals surface area (Å²) in [4.78, 5) is 34.6. The van der Waals surface area contributed by atoms with E-state index in [1.165, 1.54) is 17.1 Å². The second-order valence-corrected chi connectivity index (χ2v) is 11.6. The lowest BCUT2D eigenvalue weighted by molar-refractivity contribution is -0.384. The number of ether oxygens (including phenoxy) is 1. The number of halogens is 1. The van der Waals surface area contributed by atoms with Crippen molar-refractivity contribution in [3.63, 3.8) is 0 Å². The molecule has 1 aliphatic rings. The number of hydrogen-bond acceptors (Lipinski definition) is 8. The Kier molecular flexibility index (Phi) is 8.22. The van der Waals surface area contributed by atoms with Gasteiger partial charge in [-0.3, -0.25) is 14.9 Å². The van der Waals surface area contributed by atoms with Crippen LogP contribution in [-0.2, 0) is 0 Å². The number of rotatable bonds is 8. The second kappa shape index (κ2) is 12.9. The van der Waals surface area contributed by atoms with Crippen molar-refractivity contribution >= 4 is 51.4 Å². The van der Waals surface area contributed by atoms with E-state index in [1.807, 2.05) is 66.7 Å². The predicted molar refractivity (Wildman–Crippen MR) is 186 cm³/mol. The Bertz CT molecular complexity index is 2190. The van der Waals surface area contributed by atoms with Gasteiger partial charge in [0.1, 0.15) is 5.75 Å². The minimum absolute atomic E-state index is 0.0531. The van der Waals surface area contributed by atoms with E-state index in [0.29, 0.717) is 45.7 Å². The molecule has 0 unspecified atom stereocenters. The highest BCUT2D eigenvalue weighted by atomic mass is 35.5. The van der Waals surface area contributed by atoms with Crippen LogP contribution in [0.1, 0.15) is 33.9 Å². The molecule has 0 spiro atoms. The van der Waals surface area contributed by atoms with E-state index in [9.17, 15) is 14.9 Å². The Labute approximate surface area is 280 Å². The number of fused-ring (bicyclic) bond motifs is 1. The van der Waals surface area contributed by atoms with Gasteiger partial charge in [0.15, 0.2) is 0 Å². The largest absolute Gasteiger partial charge is 0.497 e. The number of benzene rings is 5. The summed E-state index contributed by atoms with van der Waals surface area (Å²) in [7, 11) is 1.59. The van der Waals surface area contributed by atoms with Crippen LogP contribution in [0.5, 0.6) is 5.75 Å². The highest BCUT2D eigenvalue weighted by molar-refractivity contribution is 6.31. The zero-order valence-electron chi connectivity index (χ0n) is 25.6. The van der Waals surface area contributed by atoms with Crippen LogP contribution in [0.15, 0.2) is 126 Å². The third-order valence-electron chi connectivity index (χ3n) is 8.10. The van der Waals surface area contributed by atoms with Crippen LogP contribution >= 0.6 is 11.6 Å². The molecule has 0 saturated carbocycles. The molecule has 10 nitrogen and oxygen atoms in total. The first-order valence-electron chi connectivity index (χ1n) is 15.1. The molecule has 1 atom stereocenters. The Morgan fingerprint density at radius 3 is 2.40 bits per heavy atom. The lowest BCUT2D eigenvalue weighted by atomic mass is 9.97. The maximum Gasteiger partial charge on any atom is 0.274 e. The van der Waals surface area contributed by atoms with Crippen LogP contribution in [0, 0.1) is 10.1 Å². The molecule has 1 aliphatic heterocycles. The molecule has 1 aromatic heterocycles. The molecule has 0 radical (unpaired) electrons. The maximum atomic E-state index is 14.0. The Morgan fingerprint density at radius 1 is 0.896 bits per heavy atom. The molecular formula is C37H27ClN6O4. The third-order valence-corrected chi connectivity index (χ3v) is 8.34. The third kappa shape index (κ3) is 6.16. The summed E-state index contributed by atoms with van der Waals surface area (Å²) >= 11 is 6.31. The quantitative estimate of drug-likeness (QED) is 0.129. The van der Waals surface area contributed by atoms with Crippen LogP contribution in [0.4, 0.5) is 17.3 Å². The van der Waals surface area contributed by atoms with Crippen LogP contribution < -0.4 is 10.1 Å². The van der Waals surface area contributed by atoms with Gasteiger partial charge in [-0.05, 0) is 77.9 Å². The molecule has 0 fully saturated rings. The average molecular weight is 655 g/mol. The van der Waals surface area contributed by atoms with E-state index in [1.54, 1.807) is 49.6 Å². The first-order chi connectivity index (χ1) is 23.4. The molecule has 2 heterocycles. The standard InChI is InChI=1S/C37H27ClN6O4/c1-48-30-17-12-23(13-18-30)33-22-34(26-8-5-9-29(20-26)44(46)47)43(42-33)36(45)25-10-15-28(16-11-25)39-37-40-32-19-14-27(38)21-31(32)35(41-37)24-6-3-2-4-7-24/h2-21,34H,22H2,1H3,(H,39,40,41)/t34-/m1/s1.